The number of benzene rings is 4. The smallest absolute Gasteiger partial charge is 0.264 e. The Bertz CT molecular complexity index is 2130. The van der Waals surface area contributed by atoms with Crippen molar-refractivity contribution in [2.24, 2.45) is 0 Å². The van der Waals surface area contributed by atoms with Gasteiger partial charge in [-0.1, -0.05) is 78.3 Å². The molecule has 10 heteroatoms. The average molecular weight is 679 g/mol. The van der Waals surface area contributed by atoms with Crippen molar-refractivity contribution >= 4 is 50.1 Å². The van der Waals surface area contributed by atoms with Gasteiger partial charge in [0.05, 0.1) is 11.7 Å². The zero-order chi connectivity index (χ0) is 33.7. The summed E-state index contributed by atoms with van der Waals surface area (Å²) in [4.78, 5) is 30.6. The van der Waals surface area contributed by atoms with Crippen LogP contribution in [-0.2, 0) is 21.3 Å². The topological polar surface area (TPSA) is 127 Å². The number of pyridine rings is 1. The van der Waals surface area contributed by atoms with E-state index in [0.29, 0.717) is 22.8 Å². The van der Waals surface area contributed by atoms with Gasteiger partial charge < -0.3 is 9.73 Å². The molecule has 0 aliphatic heterocycles. The molecule has 0 saturated carbocycles. The average Bonchev–Trinajstić information content (AvgIpc) is 3.52. The summed E-state index contributed by atoms with van der Waals surface area (Å²) in [7, 11) is -4.12. The van der Waals surface area contributed by atoms with Crippen LogP contribution >= 0.6 is 11.6 Å². The lowest BCUT2D eigenvalue weighted by Gasteiger charge is -2.18. The minimum absolute atomic E-state index is 0.00517. The van der Waals surface area contributed by atoms with Crippen LogP contribution in [-0.4, -0.2) is 35.4 Å². The summed E-state index contributed by atoms with van der Waals surface area (Å²) in [6.07, 6.45) is 2.09. The first-order valence-corrected chi connectivity index (χ1v) is 17.3. The molecule has 0 fully saturated rings. The Labute approximate surface area is 283 Å². The summed E-state index contributed by atoms with van der Waals surface area (Å²) in [5.41, 5.74) is 6.24. The number of rotatable bonds is 12. The Kier molecular flexibility index (Phi) is 9.82. The maximum Gasteiger partial charge on any atom is 0.264 e. The van der Waals surface area contributed by atoms with E-state index in [9.17, 15) is 18.0 Å². The van der Waals surface area contributed by atoms with Crippen molar-refractivity contribution in [2.75, 3.05) is 11.1 Å². The fourth-order valence-corrected chi connectivity index (χ4v) is 6.13. The molecule has 2 N–H and O–H groups in total. The molecule has 0 aliphatic rings. The maximum atomic E-state index is 13.9. The summed E-state index contributed by atoms with van der Waals surface area (Å²) < 4.78 is 36.9. The second kappa shape index (κ2) is 14.4. The predicted molar refractivity (Wildman–Crippen MR) is 188 cm³/mol. The number of anilines is 1. The number of carbonyl (C=O) groups is 2. The number of nitrogens with zero attached hydrogens (tertiary/aromatic N) is 1. The molecule has 6 rings (SSSR count). The standard InChI is InChI=1S/C38H31ClN2O6S/c39-37-20-17-31(24-40-37)26-11-13-27(14-12-26)33(22-25-7-9-28(10-8-25)34(42)5-3-21-48(44,45)46)38(43)41-32-18-15-29(16-19-32)36-23-30-4-1-2-6-35(30)47-36/h1-2,4,6-20,23-24,33H,3,5,21-22H2,(H,41,43)(H,44,45,46). The van der Waals surface area contributed by atoms with Crippen LogP contribution in [0.25, 0.3) is 33.4 Å². The molecule has 2 heterocycles. The summed E-state index contributed by atoms with van der Waals surface area (Å²) in [5.74, 6) is -0.712. The Morgan fingerprint density at radius 1 is 0.833 bits per heavy atom. The van der Waals surface area contributed by atoms with Crippen LogP contribution in [0, 0.1) is 0 Å². The fraction of sp³-hybridized carbons (Fsp3) is 0.132. The monoisotopic (exact) mass is 678 g/mol. The molecule has 8 nitrogen and oxygen atoms in total. The number of fused-ring (bicyclic) bond motifs is 1. The third kappa shape index (κ3) is 8.24. The maximum absolute atomic E-state index is 13.9. The Hall–Kier alpha value is -5.09. The third-order valence-corrected chi connectivity index (χ3v) is 9.10. The van der Waals surface area contributed by atoms with Gasteiger partial charge in [-0.2, -0.15) is 8.42 Å². The van der Waals surface area contributed by atoms with E-state index < -0.39 is 21.8 Å². The number of nitrogens with one attached hydrogen (secondary N) is 1. The van der Waals surface area contributed by atoms with Crippen LogP contribution in [0.5, 0.6) is 0 Å². The van der Waals surface area contributed by atoms with E-state index in [1.807, 2.05) is 84.9 Å². The molecule has 0 radical (unpaired) electrons. The normalized spacial score (nSPS) is 12.1. The zero-order valence-electron chi connectivity index (χ0n) is 25.7. The second-order valence-electron chi connectivity index (χ2n) is 11.5. The molecule has 0 spiro atoms. The molecule has 1 amide bonds. The van der Waals surface area contributed by atoms with E-state index in [-0.39, 0.29) is 24.5 Å². The van der Waals surface area contributed by atoms with Crippen molar-refractivity contribution < 1.29 is 27.0 Å². The first-order valence-electron chi connectivity index (χ1n) is 15.3. The number of carbonyl (C=O) groups excluding carboxylic acids is 2. The van der Waals surface area contributed by atoms with Gasteiger partial charge in [-0.25, -0.2) is 4.98 Å². The van der Waals surface area contributed by atoms with Gasteiger partial charge in [0.2, 0.25) is 5.91 Å². The molecule has 0 bridgehead atoms. The molecule has 4 aromatic carbocycles. The number of aromatic nitrogens is 1. The van der Waals surface area contributed by atoms with Gasteiger partial charge in [0.15, 0.2) is 5.78 Å². The van der Waals surface area contributed by atoms with Gasteiger partial charge >= 0.3 is 0 Å². The van der Waals surface area contributed by atoms with Crippen molar-refractivity contribution in [3.05, 3.63) is 143 Å². The Balaban J connectivity index is 1.21. The Morgan fingerprint density at radius 3 is 2.19 bits per heavy atom. The molecule has 2 aromatic heterocycles. The van der Waals surface area contributed by atoms with Gasteiger partial charge in [-0.05, 0) is 78.1 Å². The predicted octanol–water partition coefficient (Wildman–Crippen LogP) is 8.63. The van der Waals surface area contributed by atoms with Crippen LogP contribution in [0.2, 0.25) is 5.15 Å². The molecular weight excluding hydrogens is 648 g/mol. The lowest BCUT2D eigenvalue weighted by atomic mass is 9.89. The van der Waals surface area contributed by atoms with Crippen molar-refractivity contribution in [1.29, 1.82) is 0 Å². The van der Waals surface area contributed by atoms with E-state index in [1.54, 1.807) is 36.5 Å². The number of furan rings is 1. The molecule has 48 heavy (non-hydrogen) atoms. The quantitative estimate of drug-likeness (QED) is 0.0754. The van der Waals surface area contributed by atoms with Gasteiger partial charge in [0.1, 0.15) is 16.5 Å². The lowest BCUT2D eigenvalue weighted by molar-refractivity contribution is -0.117. The van der Waals surface area contributed by atoms with Gasteiger partial charge in [0.25, 0.3) is 10.1 Å². The van der Waals surface area contributed by atoms with E-state index >= 15 is 0 Å². The highest BCUT2D eigenvalue weighted by atomic mass is 35.5. The van der Waals surface area contributed by atoms with E-state index in [4.69, 9.17) is 20.6 Å². The number of hydrogen-bond acceptors (Lipinski definition) is 6. The highest BCUT2D eigenvalue weighted by Crippen LogP contribution is 2.30. The van der Waals surface area contributed by atoms with Crippen molar-refractivity contribution in [2.45, 2.75) is 25.2 Å². The van der Waals surface area contributed by atoms with E-state index in [1.165, 1.54) is 0 Å². The lowest BCUT2D eigenvalue weighted by Crippen LogP contribution is -2.23. The summed E-state index contributed by atoms with van der Waals surface area (Å²) in [5, 5.41) is 4.49. The van der Waals surface area contributed by atoms with E-state index in [0.717, 1.165) is 44.5 Å². The van der Waals surface area contributed by atoms with Crippen molar-refractivity contribution in [3.8, 4) is 22.5 Å². The van der Waals surface area contributed by atoms with Crippen LogP contribution in [0.15, 0.2) is 126 Å². The minimum Gasteiger partial charge on any atom is -0.456 e. The fourth-order valence-electron chi connectivity index (χ4n) is 5.51. The number of Topliss-reactive ketones (excluding diaryl/α,β-unsaturated/α-hetero) is 1. The SMILES string of the molecule is O=C(CCCS(=O)(=O)O)c1ccc(CC(C(=O)Nc2ccc(-c3cc4ccccc4o3)cc2)c2ccc(-c3ccc(Cl)nc3)cc2)cc1. The van der Waals surface area contributed by atoms with Gasteiger partial charge in [0, 0.05) is 40.4 Å². The summed E-state index contributed by atoms with van der Waals surface area (Å²) in [6, 6.07) is 35.6. The largest absolute Gasteiger partial charge is 0.456 e. The van der Waals surface area contributed by atoms with Crippen molar-refractivity contribution in [3.63, 3.8) is 0 Å². The first-order chi connectivity index (χ1) is 23.1. The third-order valence-electron chi connectivity index (χ3n) is 8.07. The van der Waals surface area contributed by atoms with E-state index in [2.05, 4.69) is 10.3 Å². The van der Waals surface area contributed by atoms with Gasteiger partial charge in [-0.3, -0.25) is 14.1 Å². The molecule has 6 aromatic rings. The molecule has 242 valence electrons. The van der Waals surface area contributed by atoms with Crippen molar-refractivity contribution in [1.82, 2.24) is 4.98 Å². The van der Waals surface area contributed by atoms with Crippen LogP contribution in [0.1, 0.15) is 40.2 Å². The molecule has 0 saturated heterocycles. The zero-order valence-corrected chi connectivity index (χ0v) is 27.2. The second-order valence-corrected chi connectivity index (χ2v) is 13.4. The van der Waals surface area contributed by atoms with Crippen LogP contribution < -0.4 is 5.32 Å². The highest BCUT2D eigenvalue weighted by molar-refractivity contribution is 7.85. The van der Waals surface area contributed by atoms with Gasteiger partial charge in [-0.15, -0.1) is 0 Å². The first kappa shape index (κ1) is 32.8. The number of amides is 1. The molecule has 1 atom stereocenters. The highest BCUT2D eigenvalue weighted by Gasteiger charge is 2.22. The summed E-state index contributed by atoms with van der Waals surface area (Å²) in [6.45, 7) is 0. The number of ketones is 1. The Morgan fingerprint density at radius 2 is 1.52 bits per heavy atom. The molecular formula is C38H31ClN2O6S. The summed E-state index contributed by atoms with van der Waals surface area (Å²) >= 11 is 5.96. The van der Waals surface area contributed by atoms with Crippen LogP contribution in [0.3, 0.4) is 0 Å². The minimum atomic E-state index is -4.12. The number of hydrogen-bond donors (Lipinski definition) is 2. The number of halogens is 1. The van der Waals surface area contributed by atoms with Crippen LogP contribution in [0.4, 0.5) is 5.69 Å². The molecule has 1 unspecified atom stereocenters. The molecule has 0 aliphatic carbocycles. The number of para-hydroxylation sites is 1.